The average molecular weight is 282 g/mol. The number of pyridine rings is 1. The Kier molecular flexibility index (Phi) is 4.16. The monoisotopic (exact) mass is 282 g/mol. The molecule has 1 aliphatic heterocycles. The van der Waals surface area contributed by atoms with Crippen molar-refractivity contribution < 1.29 is 0 Å². The van der Waals surface area contributed by atoms with Gasteiger partial charge in [0.05, 0.1) is 17.1 Å². The molecule has 0 N–H and O–H groups in total. The molecule has 1 aromatic carbocycles. The molecule has 0 saturated heterocycles. The van der Waals surface area contributed by atoms with Crippen molar-refractivity contribution in [3.8, 4) is 0 Å². The van der Waals surface area contributed by atoms with E-state index < -0.39 is 0 Å². The summed E-state index contributed by atoms with van der Waals surface area (Å²) in [7, 11) is 0. The molecule has 1 aromatic heterocycles. The first-order valence-corrected chi connectivity index (χ1v) is 8.05. The molecule has 3 rings (SSSR count). The second-order valence-corrected chi connectivity index (χ2v) is 6.06. The minimum atomic E-state index is 0.394. The number of fused-ring (bicyclic) bond motifs is 1. The molecule has 102 valence electrons. The number of benzene rings is 1. The molecule has 2 nitrogen and oxygen atoms in total. The van der Waals surface area contributed by atoms with Crippen molar-refractivity contribution >= 4 is 27.7 Å². The molecule has 0 saturated carbocycles. The van der Waals surface area contributed by atoms with Gasteiger partial charge < -0.3 is 0 Å². The molecule has 0 amide bonds. The van der Waals surface area contributed by atoms with Crippen molar-refractivity contribution in [2.75, 3.05) is 12.3 Å². The minimum Gasteiger partial charge on any atom is -0.277 e. The van der Waals surface area contributed by atoms with Crippen LogP contribution in [0.5, 0.6) is 0 Å². The zero-order valence-electron chi connectivity index (χ0n) is 11.6. The van der Waals surface area contributed by atoms with Crippen molar-refractivity contribution in [1.29, 1.82) is 0 Å². The number of thioether (sulfide) groups is 1. The van der Waals surface area contributed by atoms with Gasteiger partial charge in [-0.3, -0.25) is 9.98 Å². The van der Waals surface area contributed by atoms with Gasteiger partial charge in [0, 0.05) is 17.5 Å². The summed E-state index contributed by atoms with van der Waals surface area (Å²) in [6.45, 7) is 3.06. The Hall–Kier alpha value is -1.61. The largest absolute Gasteiger partial charge is 0.277 e. The van der Waals surface area contributed by atoms with Crippen LogP contribution in [0.3, 0.4) is 0 Å². The zero-order valence-corrected chi connectivity index (χ0v) is 12.4. The lowest BCUT2D eigenvalue weighted by Gasteiger charge is -2.16. The summed E-state index contributed by atoms with van der Waals surface area (Å²) in [6, 6.07) is 10.6. The zero-order chi connectivity index (χ0) is 13.8. The predicted octanol–water partition coefficient (Wildman–Crippen LogP) is 4.43. The van der Waals surface area contributed by atoms with E-state index in [2.05, 4.69) is 53.3 Å². The van der Waals surface area contributed by atoms with Crippen LogP contribution < -0.4 is 0 Å². The number of dihydropyridines is 1. The lowest BCUT2D eigenvalue weighted by atomic mass is 9.96. The lowest BCUT2D eigenvalue weighted by molar-refractivity contribution is 0.845. The Morgan fingerprint density at radius 1 is 1.30 bits per heavy atom. The van der Waals surface area contributed by atoms with Crippen LogP contribution in [0.2, 0.25) is 0 Å². The van der Waals surface area contributed by atoms with Gasteiger partial charge in [-0.1, -0.05) is 25.1 Å². The topological polar surface area (TPSA) is 25.2 Å². The second kappa shape index (κ2) is 6.23. The molecule has 0 fully saturated rings. The fraction of sp³-hybridized carbons (Fsp3) is 0.294. The third-order valence-electron chi connectivity index (χ3n) is 3.42. The lowest BCUT2D eigenvalue weighted by Crippen LogP contribution is -2.07. The van der Waals surface area contributed by atoms with E-state index in [1.54, 1.807) is 0 Å². The number of hydrogen-bond acceptors (Lipinski definition) is 3. The fourth-order valence-corrected chi connectivity index (χ4v) is 3.10. The predicted molar refractivity (Wildman–Crippen MR) is 88.7 cm³/mol. The van der Waals surface area contributed by atoms with E-state index in [0.717, 1.165) is 17.8 Å². The van der Waals surface area contributed by atoms with Crippen LogP contribution in [-0.4, -0.2) is 22.3 Å². The van der Waals surface area contributed by atoms with Crippen LogP contribution in [0.15, 0.2) is 53.7 Å². The highest BCUT2D eigenvalue weighted by Crippen LogP contribution is 2.25. The molecular weight excluding hydrogens is 264 g/mol. The Morgan fingerprint density at radius 3 is 3.05 bits per heavy atom. The highest BCUT2D eigenvalue weighted by Gasteiger charge is 2.12. The Balaban J connectivity index is 1.77. The van der Waals surface area contributed by atoms with Crippen LogP contribution in [0.4, 0.5) is 0 Å². The molecule has 0 radical (unpaired) electrons. The SMILES string of the molecule is CCCSC1=NCC(c2ccc3ncccc3c2)C=C1. The van der Waals surface area contributed by atoms with Gasteiger partial charge in [-0.2, -0.15) is 0 Å². The first kappa shape index (κ1) is 13.4. The quantitative estimate of drug-likeness (QED) is 0.832. The van der Waals surface area contributed by atoms with Crippen molar-refractivity contribution in [2.24, 2.45) is 4.99 Å². The van der Waals surface area contributed by atoms with E-state index in [1.807, 2.05) is 24.0 Å². The first-order valence-electron chi connectivity index (χ1n) is 7.07. The average Bonchev–Trinajstić information content (AvgIpc) is 2.53. The molecule has 0 aliphatic carbocycles. The number of rotatable bonds is 3. The van der Waals surface area contributed by atoms with Crippen LogP contribution >= 0.6 is 11.8 Å². The first-order chi connectivity index (χ1) is 9.86. The van der Waals surface area contributed by atoms with Gasteiger partial charge in [-0.05, 0) is 42.0 Å². The summed E-state index contributed by atoms with van der Waals surface area (Å²) in [4.78, 5) is 9.05. The van der Waals surface area contributed by atoms with E-state index >= 15 is 0 Å². The maximum Gasteiger partial charge on any atom is 0.0901 e. The number of hydrogen-bond donors (Lipinski definition) is 0. The summed E-state index contributed by atoms with van der Waals surface area (Å²) in [5.74, 6) is 1.54. The van der Waals surface area contributed by atoms with Crippen molar-refractivity contribution in [2.45, 2.75) is 19.3 Å². The van der Waals surface area contributed by atoms with Gasteiger partial charge in [-0.15, -0.1) is 11.8 Å². The van der Waals surface area contributed by atoms with E-state index in [-0.39, 0.29) is 0 Å². The maximum absolute atomic E-state index is 4.68. The molecule has 0 bridgehead atoms. The summed E-state index contributed by atoms with van der Waals surface area (Å²) >= 11 is 1.85. The summed E-state index contributed by atoms with van der Waals surface area (Å²) < 4.78 is 0. The molecule has 0 spiro atoms. The Bertz CT molecular complexity index is 661. The molecule has 2 aromatic rings. The maximum atomic E-state index is 4.68. The summed E-state index contributed by atoms with van der Waals surface area (Å²) in [6.07, 6.45) is 7.48. The van der Waals surface area contributed by atoms with Gasteiger partial charge in [0.15, 0.2) is 0 Å². The summed E-state index contributed by atoms with van der Waals surface area (Å²) in [5.41, 5.74) is 2.38. The van der Waals surface area contributed by atoms with Crippen molar-refractivity contribution in [1.82, 2.24) is 4.98 Å². The van der Waals surface area contributed by atoms with E-state index in [1.165, 1.54) is 22.4 Å². The van der Waals surface area contributed by atoms with Crippen molar-refractivity contribution in [3.05, 3.63) is 54.2 Å². The Morgan fingerprint density at radius 2 is 2.25 bits per heavy atom. The smallest absolute Gasteiger partial charge is 0.0901 e. The van der Waals surface area contributed by atoms with Gasteiger partial charge >= 0.3 is 0 Å². The third kappa shape index (κ3) is 2.93. The number of nitrogens with zero attached hydrogens (tertiary/aromatic N) is 2. The standard InChI is InChI=1S/C17H18N2S/c1-2-10-20-17-8-6-15(12-19-17)13-5-7-16-14(11-13)4-3-9-18-16/h3-9,11,15H,2,10,12H2,1H3. The van der Waals surface area contributed by atoms with Gasteiger partial charge in [0.25, 0.3) is 0 Å². The summed E-state index contributed by atoms with van der Waals surface area (Å²) in [5, 5.41) is 2.37. The molecule has 2 heterocycles. The fourth-order valence-electron chi connectivity index (χ4n) is 2.34. The molecule has 1 atom stereocenters. The van der Waals surface area contributed by atoms with Crippen LogP contribution in [0.25, 0.3) is 10.9 Å². The normalized spacial score (nSPS) is 18.2. The Labute approximate surface area is 124 Å². The molecule has 1 unspecified atom stereocenters. The van der Waals surface area contributed by atoms with E-state index in [4.69, 9.17) is 0 Å². The highest BCUT2D eigenvalue weighted by atomic mass is 32.2. The molecule has 3 heteroatoms. The third-order valence-corrected chi connectivity index (χ3v) is 4.60. The number of aliphatic imine (C=N–C) groups is 1. The number of aromatic nitrogens is 1. The van der Waals surface area contributed by atoms with Crippen LogP contribution in [0, 0.1) is 0 Å². The molecular formula is C17H18N2S. The molecule has 20 heavy (non-hydrogen) atoms. The van der Waals surface area contributed by atoms with Gasteiger partial charge in [0.2, 0.25) is 0 Å². The highest BCUT2D eigenvalue weighted by molar-refractivity contribution is 8.14. The van der Waals surface area contributed by atoms with Crippen molar-refractivity contribution in [3.63, 3.8) is 0 Å². The van der Waals surface area contributed by atoms with E-state index in [0.29, 0.717) is 5.92 Å². The van der Waals surface area contributed by atoms with Gasteiger partial charge in [0.1, 0.15) is 0 Å². The van der Waals surface area contributed by atoms with Crippen LogP contribution in [0.1, 0.15) is 24.8 Å². The van der Waals surface area contributed by atoms with E-state index in [9.17, 15) is 0 Å². The van der Waals surface area contributed by atoms with Crippen LogP contribution in [-0.2, 0) is 0 Å². The molecule has 1 aliphatic rings. The minimum absolute atomic E-state index is 0.394. The second-order valence-electron chi connectivity index (χ2n) is 4.95. The van der Waals surface area contributed by atoms with Gasteiger partial charge in [-0.25, -0.2) is 0 Å².